The number of benzene rings is 2. The van der Waals surface area contributed by atoms with Crippen LogP contribution in [0.1, 0.15) is 120 Å². The number of phenols is 1. The molecule has 4 rings (SSSR count). The van der Waals surface area contributed by atoms with Gasteiger partial charge in [-0.15, -0.1) is 11.6 Å². The zero-order valence-electron chi connectivity index (χ0n) is 26.5. The van der Waals surface area contributed by atoms with Gasteiger partial charge in [0.15, 0.2) is 0 Å². The van der Waals surface area contributed by atoms with E-state index in [0.717, 1.165) is 19.0 Å². The molecule has 0 aliphatic carbocycles. The number of phenolic OH excluding ortho intramolecular Hbond substituents is 1. The van der Waals surface area contributed by atoms with Crippen molar-refractivity contribution in [3.8, 4) is 11.5 Å². The van der Waals surface area contributed by atoms with Crippen molar-refractivity contribution in [3.05, 3.63) is 58.7 Å². The molecule has 0 saturated carbocycles. The van der Waals surface area contributed by atoms with Crippen LogP contribution in [-0.4, -0.2) is 43.0 Å². The molecule has 0 spiro atoms. The molecule has 2 heterocycles. The Kier molecular flexibility index (Phi) is 14.5. The first-order valence-corrected chi connectivity index (χ1v) is 14.7. The predicted molar refractivity (Wildman–Crippen MR) is 179 cm³/mol. The lowest BCUT2D eigenvalue weighted by Crippen LogP contribution is -2.17. The number of rotatable bonds is 4. The standard InChI is InChI=1S/C17H26O2.C14H22O.C3H5ClO.2CH4/c1-16(2,3)12-7-13(17(4,5)6)9-14(8-12)18-10-15-11-19-15;1-13(2,3)10-7-11(14(4,5)6)9-12(15)8-10;4-1-3-2-5-3;;/h7-9,15H,10-11H2,1-6H3;7-9,15H,1-6H3;3H,1-2H2;2*1H4. The van der Waals surface area contributed by atoms with Crippen LogP contribution in [0.25, 0.3) is 0 Å². The quantitative estimate of drug-likeness (QED) is 0.283. The molecule has 4 nitrogen and oxygen atoms in total. The molecular formula is C36H61ClO4. The van der Waals surface area contributed by atoms with E-state index in [9.17, 15) is 5.11 Å². The SMILES string of the molecule is C.C.CC(C)(C)c1cc(O)cc(C(C)(C)C)c1.CC(C)(C)c1cc(OCC2CO2)cc(C(C)(C)C)c1.ClCC1CO1. The van der Waals surface area contributed by atoms with E-state index in [1.807, 2.05) is 12.1 Å². The lowest BCUT2D eigenvalue weighted by atomic mass is 9.80. The third-order valence-corrected chi connectivity index (χ3v) is 7.05. The first kappa shape index (κ1) is 39.2. The smallest absolute Gasteiger partial charge is 0.120 e. The lowest BCUT2D eigenvalue weighted by molar-refractivity contribution is 0.262. The van der Waals surface area contributed by atoms with Gasteiger partial charge in [0, 0.05) is 0 Å². The zero-order chi connectivity index (χ0) is 29.8. The predicted octanol–water partition coefficient (Wildman–Crippen LogP) is 9.94. The van der Waals surface area contributed by atoms with Crippen LogP contribution in [0.4, 0.5) is 0 Å². The summed E-state index contributed by atoms with van der Waals surface area (Å²) < 4.78 is 15.8. The highest BCUT2D eigenvalue weighted by Crippen LogP contribution is 2.34. The Balaban J connectivity index is 0.000000650. The van der Waals surface area contributed by atoms with E-state index in [1.165, 1.54) is 22.3 Å². The molecular weight excluding hydrogens is 532 g/mol. The van der Waals surface area contributed by atoms with Crippen LogP contribution in [-0.2, 0) is 31.1 Å². The number of hydrogen-bond donors (Lipinski definition) is 1. The van der Waals surface area contributed by atoms with Gasteiger partial charge in [-0.25, -0.2) is 0 Å². The molecule has 2 unspecified atom stereocenters. The van der Waals surface area contributed by atoms with Gasteiger partial charge in [0.05, 0.1) is 25.2 Å². The average molecular weight is 593 g/mol. The third-order valence-electron chi connectivity index (χ3n) is 6.70. The Bertz CT molecular complexity index is 992. The fraction of sp³-hybridized carbons (Fsp3) is 0.667. The zero-order valence-corrected chi connectivity index (χ0v) is 27.3. The van der Waals surface area contributed by atoms with Crippen molar-refractivity contribution in [2.75, 3.05) is 25.7 Å². The Labute approximate surface area is 258 Å². The second-order valence-electron chi connectivity index (χ2n) is 14.9. The Morgan fingerprint density at radius 1 is 0.634 bits per heavy atom. The van der Waals surface area contributed by atoms with E-state index >= 15 is 0 Å². The van der Waals surface area contributed by atoms with Crippen LogP contribution in [0.2, 0.25) is 0 Å². The summed E-state index contributed by atoms with van der Waals surface area (Å²) in [4.78, 5) is 0. The molecule has 2 atom stereocenters. The fourth-order valence-electron chi connectivity index (χ4n) is 3.54. The highest BCUT2D eigenvalue weighted by Gasteiger charge is 2.25. The molecule has 2 aliphatic heterocycles. The Morgan fingerprint density at radius 3 is 1.20 bits per heavy atom. The number of alkyl halides is 1. The first-order chi connectivity index (χ1) is 17.7. The summed E-state index contributed by atoms with van der Waals surface area (Å²) >= 11 is 5.27. The van der Waals surface area contributed by atoms with Gasteiger partial charge in [-0.05, 0) is 68.2 Å². The van der Waals surface area contributed by atoms with Gasteiger partial charge in [0.25, 0.3) is 0 Å². The van der Waals surface area contributed by atoms with Gasteiger partial charge in [-0.1, -0.05) is 110 Å². The third kappa shape index (κ3) is 14.3. The second-order valence-corrected chi connectivity index (χ2v) is 15.2. The molecule has 2 fully saturated rings. The summed E-state index contributed by atoms with van der Waals surface area (Å²) in [7, 11) is 0. The summed E-state index contributed by atoms with van der Waals surface area (Å²) in [6.45, 7) is 28.8. The van der Waals surface area contributed by atoms with Crippen molar-refractivity contribution in [3.63, 3.8) is 0 Å². The lowest BCUT2D eigenvalue weighted by Gasteiger charge is -2.26. The number of halogens is 1. The van der Waals surface area contributed by atoms with Crippen LogP contribution in [0.5, 0.6) is 11.5 Å². The summed E-state index contributed by atoms with van der Waals surface area (Å²) in [6, 6.07) is 12.5. The summed E-state index contributed by atoms with van der Waals surface area (Å²) in [5, 5.41) is 9.72. The van der Waals surface area contributed by atoms with Crippen LogP contribution in [0.3, 0.4) is 0 Å². The van der Waals surface area contributed by atoms with Gasteiger partial charge in [-0.3, -0.25) is 0 Å². The van der Waals surface area contributed by atoms with Gasteiger partial charge >= 0.3 is 0 Å². The Hall–Kier alpha value is -1.75. The fourth-order valence-corrected chi connectivity index (χ4v) is 3.71. The Morgan fingerprint density at radius 2 is 0.951 bits per heavy atom. The van der Waals surface area contributed by atoms with Gasteiger partial charge < -0.3 is 19.3 Å². The van der Waals surface area contributed by atoms with E-state index in [0.29, 0.717) is 30.4 Å². The number of hydrogen-bond acceptors (Lipinski definition) is 4. The second kappa shape index (κ2) is 15.1. The van der Waals surface area contributed by atoms with Crippen molar-refractivity contribution < 1.29 is 19.3 Å². The largest absolute Gasteiger partial charge is 0.508 e. The van der Waals surface area contributed by atoms with E-state index in [1.54, 1.807) is 0 Å². The van der Waals surface area contributed by atoms with E-state index < -0.39 is 0 Å². The molecule has 2 aromatic rings. The van der Waals surface area contributed by atoms with Crippen molar-refractivity contribution in [1.29, 1.82) is 0 Å². The van der Waals surface area contributed by atoms with Gasteiger partial charge in [-0.2, -0.15) is 0 Å². The molecule has 1 N–H and O–H groups in total. The summed E-state index contributed by atoms with van der Waals surface area (Å²) in [5.74, 6) is 2.00. The normalized spacial score (nSPS) is 17.9. The molecule has 0 aromatic heterocycles. The summed E-state index contributed by atoms with van der Waals surface area (Å²) in [6.07, 6.45) is 0.702. The highest BCUT2D eigenvalue weighted by molar-refractivity contribution is 6.18. The molecule has 2 aliphatic rings. The number of aromatic hydroxyl groups is 1. The number of epoxide rings is 2. The van der Waals surface area contributed by atoms with E-state index in [2.05, 4.69) is 107 Å². The van der Waals surface area contributed by atoms with Gasteiger partial charge in [0.1, 0.15) is 24.2 Å². The van der Waals surface area contributed by atoms with E-state index in [4.69, 9.17) is 25.8 Å². The molecule has 2 aromatic carbocycles. The maximum Gasteiger partial charge on any atom is 0.120 e. The molecule has 41 heavy (non-hydrogen) atoms. The molecule has 236 valence electrons. The van der Waals surface area contributed by atoms with Crippen LogP contribution in [0.15, 0.2) is 36.4 Å². The minimum Gasteiger partial charge on any atom is -0.508 e. The van der Waals surface area contributed by atoms with Crippen molar-refractivity contribution in [2.24, 2.45) is 0 Å². The highest BCUT2D eigenvalue weighted by atomic mass is 35.5. The summed E-state index contributed by atoms with van der Waals surface area (Å²) in [5.41, 5.74) is 5.46. The maximum absolute atomic E-state index is 9.72. The average Bonchev–Trinajstić information content (AvgIpc) is 3.70. The topological polar surface area (TPSA) is 54.5 Å². The molecule has 2 saturated heterocycles. The van der Waals surface area contributed by atoms with E-state index in [-0.39, 0.29) is 36.5 Å². The van der Waals surface area contributed by atoms with Crippen molar-refractivity contribution >= 4 is 11.6 Å². The van der Waals surface area contributed by atoms with Crippen LogP contribution >= 0.6 is 11.6 Å². The van der Waals surface area contributed by atoms with Gasteiger partial charge in [0.2, 0.25) is 0 Å². The maximum atomic E-state index is 9.72. The van der Waals surface area contributed by atoms with Crippen molar-refractivity contribution in [1.82, 2.24) is 0 Å². The molecule has 0 radical (unpaired) electrons. The molecule has 0 bridgehead atoms. The molecule has 0 amide bonds. The number of ether oxygens (including phenoxy) is 3. The monoisotopic (exact) mass is 592 g/mol. The first-order valence-electron chi connectivity index (χ1n) is 14.1. The minimum absolute atomic E-state index is 0. The van der Waals surface area contributed by atoms with Crippen LogP contribution < -0.4 is 4.74 Å². The van der Waals surface area contributed by atoms with Crippen molar-refractivity contribution in [2.45, 2.75) is 132 Å². The molecule has 5 heteroatoms. The minimum atomic E-state index is 0. The van der Waals surface area contributed by atoms with Crippen LogP contribution in [0, 0.1) is 0 Å².